The fraction of sp³-hybridized carbons (Fsp3) is 0.333. The van der Waals surface area contributed by atoms with Gasteiger partial charge in [-0.2, -0.15) is 4.68 Å². The largest absolute Gasteiger partial charge is 0.357 e. The number of nitrogens with zero attached hydrogens (tertiary/aromatic N) is 2. The number of hydrogen-bond acceptors (Lipinski definition) is 4. The molecular formula is C15H19N4S2+. The van der Waals surface area contributed by atoms with Gasteiger partial charge in [-0.05, 0) is 17.8 Å². The van der Waals surface area contributed by atoms with Crippen molar-refractivity contribution in [2.45, 2.75) is 19.6 Å². The van der Waals surface area contributed by atoms with E-state index in [0.717, 1.165) is 35.3 Å². The average molecular weight is 319 g/mol. The predicted molar refractivity (Wildman–Crippen MR) is 89.3 cm³/mol. The van der Waals surface area contributed by atoms with E-state index in [1.54, 1.807) is 0 Å². The van der Waals surface area contributed by atoms with Crippen LogP contribution in [0.4, 0.5) is 5.13 Å². The van der Waals surface area contributed by atoms with Gasteiger partial charge >= 0.3 is 0 Å². The van der Waals surface area contributed by atoms with Gasteiger partial charge in [0.15, 0.2) is 10.6 Å². The van der Waals surface area contributed by atoms with Gasteiger partial charge in [0.1, 0.15) is 6.54 Å². The number of fused-ring (bicyclic) bond motifs is 1. The Kier molecular flexibility index (Phi) is 4.48. The number of nitrogens with one attached hydrogen (secondary N) is 2. The van der Waals surface area contributed by atoms with Crippen molar-refractivity contribution in [2.75, 3.05) is 18.4 Å². The van der Waals surface area contributed by atoms with E-state index in [1.165, 1.54) is 27.4 Å². The third-order valence-corrected chi connectivity index (χ3v) is 4.95. The highest BCUT2D eigenvalue weighted by Gasteiger charge is 2.19. The SMILES string of the molecule is C=CCNc1nn(C[NH+]2CCc3ccccc3C2)c(=S)s1. The smallest absolute Gasteiger partial charge is 0.205 e. The fourth-order valence-electron chi connectivity index (χ4n) is 2.63. The Balaban J connectivity index is 1.69. The molecule has 3 rings (SSSR count). The average Bonchev–Trinajstić information content (AvgIpc) is 2.85. The van der Waals surface area contributed by atoms with Crippen molar-refractivity contribution in [2.24, 2.45) is 0 Å². The molecule has 0 radical (unpaired) electrons. The molecular weight excluding hydrogens is 300 g/mol. The van der Waals surface area contributed by atoms with Crippen molar-refractivity contribution in [3.05, 3.63) is 52.0 Å². The zero-order valence-corrected chi connectivity index (χ0v) is 13.5. The van der Waals surface area contributed by atoms with Gasteiger partial charge in [0, 0.05) is 18.5 Å². The molecule has 0 fully saturated rings. The molecule has 2 heterocycles. The van der Waals surface area contributed by atoms with Crippen molar-refractivity contribution < 1.29 is 4.90 Å². The van der Waals surface area contributed by atoms with E-state index in [-0.39, 0.29) is 0 Å². The molecule has 2 aromatic rings. The standard InChI is InChI=1S/C15H18N4S2/c1-2-8-16-14-17-19(15(20)21-14)11-18-9-7-12-5-3-4-6-13(12)10-18/h2-6H,1,7-11H2,(H,16,17)/p+1. The first-order valence-electron chi connectivity index (χ1n) is 7.09. The summed E-state index contributed by atoms with van der Waals surface area (Å²) in [6, 6.07) is 8.70. The third-order valence-electron chi connectivity index (χ3n) is 3.68. The Morgan fingerprint density at radius 1 is 1.43 bits per heavy atom. The first-order chi connectivity index (χ1) is 10.3. The molecule has 0 bridgehead atoms. The first-order valence-corrected chi connectivity index (χ1v) is 8.32. The van der Waals surface area contributed by atoms with E-state index in [1.807, 2.05) is 10.8 Å². The molecule has 4 nitrogen and oxygen atoms in total. The third kappa shape index (κ3) is 3.40. The lowest BCUT2D eigenvalue weighted by molar-refractivity contribution is -0.938. The first kappa shape index (κ1) is 14.4. The van der Waals surface area contributed by atoms with Gasteiger partial charge in [-0.25, -0.2) is 0 Å². The molecule has 6 heteroatoms. The Morgan fingerprint density at radius 3 is 3.05 bits per heavy atom. The molecule has 1 aromatic carbocycles. The number of aromatic nitrogens is 2. The summed E-state index contributed by atoms with van der Waals surface area (Å²) in [7, 11) is 0. The predicted octanol–water partition coefficient (Wildman–Crippen LogP) is 1.87. The van der Waals surface area contributed by atoms with Crippen LogP contribution in [-0.2, 0) is 19.6 Å². The second-order valence-electron chi connectivity index (χ2n) is 5.20. The van der Waals surface area contributed by atoms with Crippen LogP contribution in [0.3, 0.4) is 0 Å². The molecule has 110 valence electrons. The van der Waals surface area contributed by atoms with E-state index >= 15 is 0 Å². The molecule has 0 amide bonds. The van der Waals surface area contributed by atoms with Crippen molar-refractivity contribution >= 4 is 28.7 Å². The minimum Gasteiger partial charge on any atom is -0.357 e. The molecule has 0 aliphatic carbocycles. The summed E-state index contributed by atoms with van der Waals surface area (Å²) >= 11 is 6.93. The van der Waals surface area contributed by atoms with Crippen LogP contribution in [0.15, 0.2) is 36.9 Å². The Bertz CT molecular complexity index is 689. The molecule has 1 unspecified atom stereocenters. The highest BCUT2D eigenvalue weighted by atomic mass is 32.1. The van der Waals surface area contributed by atoms with Gasteiger partial charge in [-0.15, -0.1) is 11.7 Å². The molecule has 0 saturated heterocycles. The topological polar surface area (TPSA) is 34.3 Å². The maximum Gasteiger partial charge on any atom is 0.205 e. The van der Waals surface area contributed by atoms with Crippen LogP contribution in [0.5, 0.6) is 0 Å². The summed E-state index contributed by atoms with van der Waals surface area (Å²) in [5.41, 5.74) is 2.93. The molecule has 21 heavy (non-hydrogen) atoms. The van der Waals surface area contributed by atoms with Crippen LogP contribution in [-0.4, -0.2) is 22.9 Å². The van der Waals surface area contributed by atoms with E-state index in [2.05, 4.69) is 41.3 Å². The Labute approximate surface area is 133 Å². The van der Waals surface area contributed by atoms with Crippen LogP contribution in [0.2, 0.25) is 0 Å². The van der Waals surface area contributed by atoms with Crippen LogP contribution in [0.1, 0.15) is 11.1 Å². The summed E-state index contributed by atoms with van der Waals surface area (Å²) in [5.74, 6) is 0. The minimum atomic E-state index is 0.715. The molecule has 0 spiro atoms. The van der Waals surface area contributed by atoms with Gasteiger partial charge in [0.2, 0.25) is 5.13 Å². The van der Waals surface area contributed by atoms with Gasteiger partial charge < -0.3 is 10.2 Å². The molecule has 1 aliphatic rings. The summed E-state index contributed by atoms with van der Waals surface area (Å²) in [6.45, 7) is 7.42. The van der Waals surface area contributed by atoms with Crippen LogP contribution >= 0.6 is 23.6 Å². The molecule has 2 N–H and O–H groups in total. The number of hydrogen-bond donors (Lipinski definition) is 2. The molecule has 1 aromatic heterocycles. The van der Waals surface area contributed by atoms with Gasteiger partial charge in [-0.3, -0.25) is 0 Å². The van der Waals surface area contributed by atoms with E-state index in [0.29, 0.717) is 6.54 Å². The van der Waals surface area contributed by atoms with Crippen LogP contribution < -0.4 is 10.2 Å². The maximum absolute atomic E-state index is 5.41. The fourth-order valence-corrected chi connectivity index (χ4v) is 3.64. The second-order valence-corrected chi connectivity index (χ2v) is 6.82. The molecule has 1 aliphatic heterocycles. The number of anilines is 1. The number of quaternary nitrogens is 1. The van der Waals surface area contributed by atoms with Crippen molar-refractivity contribution in [3.8, 4) is 0 Å². The Hall–Kier alpha value is -1.50. The quantitative estimate of drug-likeness (QED) is 0.652. The van der Waals surface area contributed by atoms with Gasteiger partial charge in [0.25, 0.3) is 0 Å². The summed E-state index contributed by atoms with van der Waals surface area (Å²) in [6.07, 6.45) is 2.95. The monoisotopic (exact) mass is 319 g/mol. The van der Waals surface area contributed by atoms with Crippen LogP contribution in [0, 0.1) is 3.95 Å². The summed E-state index contributed by atoms with van der Waals surface area (Å²) in [5, 5.41) is 8.62. The lowest BCUT2D eigenvalue weighted by Gasteiger charge is -2.25. The summed E-state index contributed by atoms with van der Waals surface area (Å²) < 4.78 is 2.77. The van der Waals surface area contributed by atoms with Gasteiger partial charge in [-0.1, -0.05) is 41.7 Å². The van der Waals surface area contributed by atoms with Crippen molar-refractivity contribution in [3.63, 3.8) is 0 Å². The highest BCUT2D eigenvalue weighted by molar-refractivity contribution is 7.73. The van der Waals surface area contributed by atoms with Crippen molar-refractivity contribution in [1.82, 2.24) is 9.78 Å². The van der Waals surface area contributed by atoms with Crippen molar-refractivity contribution in [1.29, 1.82) is 0 Å². The van der Waals surface area contributed by atoms with E-state index in [4.69, 9.17) is 12.2 Å². The van der Waals surface area contributed by atoms with E-state index < -0.39 is 0 Å². The van der Waals surface area contributed by atoms with E-state index in [9.17, 15) is 0 Å². The lowest BCUT2D eigenvalue weighted by Crippen LogP contribution is -3.11. The number of benzene rings is 1. The zero-order chi connectivity index (χ0) is 14.7. The van der Waals surface area contributed by atoms with Gasteiger partial charge in [0.05, 0.1) is 6.54 Å². The minimum absolute atomic E-state index is 0.715. The molecule has 0 saturated carbocycles. The maximum atomic E-state index is 5.41. The number of rotatable bonds is 5. The highest BCUT2D eigenvalue weighted by Crippen LogP contribution is 2.14. The van der Waals surface area contributed by atoms with Crippen LogP contribution in [0.25, 0.3) is 0 Å². The molecule has 1 atom stereocenters. The lowest BCUT2D eigenvalue weighted by atomic mass is 10.0. The normalized spacial score (nSPS) is 17.2. The summed E-state index contributed by atoms with van der Waals surface area (Å²) in [4.78, 5) is 1.50. The zero-order valence-electron chi connectivity index (χ0n) is 11.8. The second kappa shape index (κ2) is 6.51. The Morgan fingerprint density at radius 2 is 2.24 bits per heavy atom.